The van der Waals surface area contributed by atoms with Gasteiger partial charge in [0.1, 0.15) is 0 Å². The molecule has 0 saturated carbocycles. The standard InChI is InChI=1S/C16H22N6OS/c1-11-8-20-16(24-11)21-15-14(18-5-6-19-15)12-4-3-7-22(9-12)10-13(23)17-2/h5-6,8,12H,3-4,7,9-10H2,1-2H3,(H,17,23)(H,19,20,21). The Morgan fingerprint density at radius 2 is 2.21 bits per heavy atom. The molecule has 1 aliphatic rings. The van der Waals surface area contributed by atoms with Gasteiger partial charge in [0.25, 0.3) is 0 Å². The minimum absolute atomic E-state index is 0.0476. The van der Waals surface area contributed by atoms with Crippen molar-refractivity contribution in [1.29, 1.82) is 0 Å². The molecule has 0 aliphatic carbocycles. The van der Waals surface area contributed by atoms with E-state index < -0.39 is 0 Å². The molecule has 1 amide bonds. The minimum Gasteiger partial charge on any atom is -0.358 e. The van der Waals surface area contributed by atoms with E-state index in [9.17, 15) is 4.79 Å². The molecule has 3 rings (SSSR count). The van der Waals surface area contributed by atoms with Crippen molar-refractivity contribution in [2.75, 3.05) is 32.0 Å². The van der Waals surface area contributed by atoms with Crippen LogP contribution in [0.3, 0.4) is 0 Å². The minimum atomic E-state index is 0.0476. The molecule has 2 aromatic heterocycles. The van der Waals surface area contributed by atoms with E-state index in [0.29, 0.717) is 6.54 Å². The third kappa shape index (κ3) is 4.07. The number of hydrogen-bond donors (Lipinski definition) is 2. The van der Waals surface area contributed by atoms with E-state index in [1.807, 2.05) is 13.1 Å². The van der Waals surface area contributed by atoms with Gasteiger partial charge in [0, 0.05) is 43.0 Å². The number of nitrogens with zero attached hydrogens (tertiary/aromatic N) is 4. The van der Waals surface area contributed by atoms with Crippen LogP contribution in [0.1, 0.15) is 29.3 Å². The van der Waals surface area contributed by atoms with Crippen molar-refractivity contribution in [1.82, 2.24) is 25.2 Å². The van der Waals surface area contributed by atoms with Crippen molar-refractivity contribution in [2.45, 2.75) is 25.7 Å². The van der Waals surface area contributed by atoms with Gasteiger partial charge in [-0.1, -0.05) is 0 Å². The largest absolute Gasteiger partial charge is 0.358 e. The number of aryl methyl sites for hydroxylation is 1. The van der Waals surface area contributed by atoms with Crippen LogP contribution in [0.15, 0.2) is 18.6 Å². The molecule has 1 atom stereocenters. The molecule has 1 saturated heterocycles. The maximum Gasteiger partial charge on any atom is 0.233 e. The Labute approximate surface area is 145 Å². The highest BCUT2D eigenvalue weighted by atomic mass is 32.1. The van der Waals surface area contributed by atoms with Gasteiger partial charge in [-0.25, -0.2) is 9.97 Å². The Bertz CT molecular complexity index is 703. The lowest BCUT2D eigenvalue weighted by atomic mass is 9.94. The van der Waals surface area contributed by atoms with E-state index in [1.165, 1.54) is 0 Å². The normalized spacial score (nSPS) is 18.3. The first-order valence-corrected chi connectivity index (χ1v) is 8.90. The van der Waals surface area contributed by atoms with E-state index >= 15 is 0 Å². The van der Waals surface area contributed by atoms with Gasteiger partial charge in [-0.3, -0.25) is 14.7 Å². The van der Waals surface area contributed by atoms with Crippen LogP contribution in [-0.2, 0) is 4.79 Å². The number of aromatic nitrogens is 3. The summed E-state index contributed by atoms with van der Waals surface area (Å²) in [6, 6.07) is 0. The second kappa shape index (κ2) is 7.67. The number of rotatable bonds is 5. The summed E-state index contributed by atoms with van der Waals surface area (Å²) in [5.74, 6) is 1.07. The molecule has 0 aromatic carbocycles. The van der Waals surface area contributed by atoms with E-state index in [1.54, 1.807) is 30.8 Å². The molecule has 3 heterocycles. The van der Waals surface area contributed by atoms with Crippen LogP contribution < -0.4 is 10.6 Å². The fraction of sp³-hybridized carbons (Fsp3) is 0.500. The Kier molecular flexibility index (Phi) is 5.37. The van der Waals surface area contributed by atoms with Crippen molar-refractivity contribution < 1.29 is 4.79 Å². The third-order valence-electron chi connectivity index (χ3n) is 4.11. The number of likely N-dealkylation sites (tertiary alicyclic amines) is 1. The highest BCUT2D eigenvalue weighted by Gasteiger charge is 2.26. The number of thiazole rings is 1. The zero-order valence-corrected chi connectivity index (χ0v) is 14.8. The summed E-state index contributed by atoms with van der Waals surface area (Å²) in [5, 5.41) is 6.81. The number of carbonyl (C=O) groups excluding carboxylic acids is 1. The van der Waals surface area contributed by atoms with Crippen LogP contribution in [-0.4, -0.2) is 52.4 Å². The second-order valence-corrected chi connectivity index (χ2v) is 7.17. The lowest BCUT2D eigenvalue weighted by molar-refractivity contribution is -0.122. The van der Waals surface area contributed by atoms with Crippen LogP contribution in [0.4, 0.5) is 10.9 Å². The van der Waals surface area contributed by atoms with E-state index in [2.05, 4.69) is 30.5 Å². The highest BCUT2D eigenvalue weighted by Crippen LogP contribution is 2.31. The van der Waals surface area contributed by atoms with Gasteiger partial charge in [0.2, 0.25) is 5.91 Å². The molecule has 1 fully saturated rings. The topological polar surface area (TPSA) is 83.0 Å². The number of hydrogen-bond acceptors (Lipinski definition) is 7. The first-order valence-electron chi connectivity index (χ1n) is 8.09. The van der Waals surface area contributed by atoms with Gasteiger partial charge in [-0.2, -0.15) is 0 Å². The molecular formula is C16H22N6OS. The summed E-state index contributed by atoms with van der Waals surface area (Å²) in [4.78, 5) is 28.3. The molecule has 0 bridgehead atoms. The summed E-state index contributed by atoms with van der Waals surface area (Å²) in [5.41, 5.74) is 0.951. The van der Waals surface area contributed by atoms with Crippen LogP contribution >= 0.6 is 11.3 Å². The molecule has 1 aliphatic heterocycles. The fourth-order valence-corrected chi connectivity index (χ4v) is 3.63. The van der Waals surface area contributed by atoms with Crippen molar-refractivity contribution in [3.05, 3.63) is 29.2 Å². The molecule has 8 heteroatoms. The van der Waals surface area contributed by atoms with Crippen LogP contribution in [0.2, 0.25) is 0 Å². The van der Waals surface area contributed by atoms with Crippen LogP contribution in [0.5, 0.6) is 0 Å². The maximum atomic E-state index is 11.6. The molecule has 7 nitrogen and oxygen atoms in total. The number of carbonyl (C=O) groups is 1. The Hall–Kier alpha value is -2.06. The molecule has 2 aromatic rings. The maximum absolute atomic E-state index is 11.6. The number of amides is 1. The van der Waals surface area contributed by atoms with Crippen molar-refractivity contribution in [2.24, 2.45) is 0 Å². The van der Waals surface area contributed by atoms with Gasteiger partial charge >= 0.3 is 0 Å². The van der Waals surface area contributed by atoms with E-state index in [-0.39, 0.29) is 11.8 Å². The third-order valence-corrected chi connectivity index (χ3v) is 4.94. The number of anilines is 2. The van der Waals surface area contributed by atoms with Crippen molar-refractivity contribution in [3.8, 4) is 0 Å². The van der Waals surface area contributed by atoms with Crippen LogP contribution in [0, 0.1) is 6.92 Å². The average molecular weight is 346 g/mol. The predicted octanol–water partition coefficient (Wildman–Crippen LogP) is 1.91. The van der Waals surface area contributed by atoms with Crippen molar-refractivity contribution in [3.63, 3.8) is 0 Å². The Morgan fingerprint density at radius 3 is 2.96 bits per heavy atom. The first-order chi connectivity index (χ1) is 11.7. The fourth-order valence-electron chi connectivity index (χ4n) is 2.96. The quantitative estimate of drug-likeness (QED) is 0.860. The van der Waals surface area contributed by atoms with E-state index in [4.69, 9.17) is 0 Å². The zero-order valence-electron chi connectivity index (χ0n) is 14.0. The highest BCUT2D eigenvalue weighted by molar-refractivity contribution is 7.15. The second-order valence-electron chi connectivity index (χ2n) is 5.94. The average Bonchev–Trinajstić information content (AvgIpc) is 3.00. The van der Waals surface area contributed by atoms with E-state index in [0.717, 1.165) is 47.5 Å². The summed E-state index contributed by atoms with van der Waals surface area (Å²) >= 11 is 1.60. The monoisotopic (exact) mass is 346 g/mol. The predicted molar refractivity (Wildman–Crippen MR) is 94.6 cm³/mol. The lowest BCUT2D eigenvalue weighted by Gasteiger charge is -2.32. The van der Waals surface area contributed by atoms with Crippen molar-refractivity contribution >= 4 is 28.2 Å². The summed E-state index contributed by atoms with van der Waals surface area (Å²) in [7, 11) is 1.67. The van der Waals surface area contributed by atoms with Gasteiger partial charge < -0.3 is 10.6 Å². The molecular weight excluding hydrogens is 324 g/mol. The summed E-state index contributed by atoms with van der Waals surface area (Å²) < 4.78 is 0. The van der Waals surface area contributed by atoms with Gasteiger partial charge in [-0.05, 0) is 26.3 Å². The molecule has 2 N–H and O–H groups in total. The number of likely N-dealkylation sites (N-methyl/N-ethyl adjacent to an activating group) is 1. The lowest BCUT2D eigenvalue weighted by Crippen LogP contribution is -2.41. The van der Waals surface area contributed by atoms with Gasteiger partial charge in [0.15, 0.2) is 10.9 Å². The Morgan fingerprint density at radius 1 is 1.38 bits per heavy atom. The summed E-state index contributed by atoms with van der Waals surface area (Å²) in [6.07, 6.45) is 7.36. The van der Waals surface area contributed by atoms with Gasteiger partial charge in [0.05, 0.1) is 12.2 Å². The van der Waals surface area contributed by atoms with Gasteiger partial charge in [-0.15, -0.1) is 11.3 Å². The molecule has 128 valence electrons. The molecule has 0 spiro atoms. The number of piperidine rings is 1. The molecule has 0 radical (unpaired) electrons. The zero-order chi connectivity index (χ0) is 16.9. The first kappa shape index (κ1) is 16.8. The molecule has 24 heavy (non-hydrogen) atoms. The van der Waals surface area contributed by atoms with Crippen LogP contribution in [0.25, 0.3) is 0 Å². The number of nitrogens with one attached hydrogen (secondary N) is 2. The smallest absolute Gasteiger partial charge is 0.233 e. The molecule has 1 unspecified atom stereocenters. The SMILES string of the molecule is CNC(=O)CN1CCCC(c2nccnc2Nc2ncc(C)s2)C1. The summed E-state index contributed by atoms with van der Waals surface area (Å²) in [6.45, 7) is 4.22. The Balaban J connectivity index is 1.75.